The molecule has 15 heavy (non-hydrogen) atoms. The summed E-state index contributed by atoms with van der Waals surface area (Å²) in [6.07, 6.45) is 2.41. The normalized spacial score (nSPS) is 24.8. The molecule has 1 saturated heterocycles. The Morgan fingerprint density at radius 2 is 2.13 bits per heavy atom. The minimum Gasteiger partial charge on any atom is -0.392 e. The molecule has 1 rings (SSSR count). The molecule has 0 aromatic heterocycles. The predicted molar refractivity (Wildman–Crippen MR) is 64.0 cm³/mol. The molecule has 0 aromatic carbocycles. The number of aliphatic hydroxyl groups excluding tert-OH is 1. The Bertz CT molecular complexity index is 165. The summed E-state index contributed by atoms with van der Waals surface area (Å²) in [4.78, 5) is 2.39. The van der Waals surface area contributed by atoms with Gasteiger partial charge in [-0.05, 0) is 52.6 Å². The molecule has 1 fully saturated rings. The Hall–Kier alpha value is -0.120. The standard InChI is InChI=1S/C12H26N2O/c1-10(2)14(8-11(3)15)9-12-5-4-6-13-7-12/h10-13,15H,4-9H2,1-3H3/t11-,12?/m0/s1. The summed E-state index contributed by atoms with van der Waals surface area (Å²) < 4.78 is 0. The van der Waals surface area contributed by atoms with Gasteiger partial charge in [0.15, 0.2) is 0 Å². The van der Waals surface area contributed by atoms with Crippen LogP contribution in [0.4, 0.5) is 0 Å². The van der Waals surface area contributed by atoms with E-state index in [2.05, 4.69) is 24.1 Å². The number of nitrogens with one attached hydrogen (secondary N) is 1. The van der Waals surface area contributed by atoms with Crippen molar-refractivity contribution in [3.8, 4) is 0 Å². The summed E-state index contributed by atoms with van der Waals surface area (Å²) in [6, 6.07) is 0.529. The molecular formula is C12H26N2O. The first-order valence-corrected chi connectivity index (χ1v) is 6.22. The summed E-state index contributed by atoms with van der Waals surface area (Å²) in [5.41, 5.74) is 0. The van der Waals surface area contributed by atoms with Gasteiger partial charge >= 0.3 is 0 Å². The highest BCUT2D eigenvalue weighted by Crippen LogP contribution is 2.13. The maximum Gasteiger partial charge on any atom is 0.0639 e. The summed E-state index contributed by atoms with van der Waals surface area (Å²) >= 11 is 0. The van der Waals surface area contributed by atoms with Gasteiger partial charge in [-0.2, -0.15) is 0 Å². The van der Waals surface area contributed by atoms with Gasteiger partial charge in [0.1, 0.15) is 0 Å². The second-order valence-electron chi connectivity index (χ2n) is 5.11. The van der Waals surface area contributed by atoms with Crippen LogP contribution >= 0.6 is 0 Å². The lowest BCUT2D eigenvalue weighted by molar-refractivity contribution is 0.0909. The molecule has 1 heterocycles. The first kappa shape index (κ1) is 12.9. The van der Waals surface area contributed by atoms with Gasteiger partial charge in [0.2, 0.25) is 0 Å². The average Bonchev–Trinajstić information content (AvgIpc) is 2.17. The van der Waals surface area contributed by atoms with Crippen molar-refractivity contribution in [3.63, 3.8) is 0 Å². The molecule has 0 amide bonds. The molecule has 90 valence electrons. The number of rotatable bonds is 5. The smallest absolute Gasteiger partial charge is 0.0639 e. The molecule has 3 heteroatoms. The quantitative estimate of drug-likeness (QED) is 0.719. The van der Waals surface area contributed by atoms with E-state index < -0.39 is 0 Å². The fourth-order valence-corrected chi connectivity index (χ4v) is 2.25. The molecule has 2 atom stereocenters. The summed E-state index contributed by atoms with van der Waals surface area (Å²) in [7, 11) is 0. The second-order valence-corrected chi connectivity index (χ2v) is 5.11. The molecule has 1 aliphatic heterocycles. The third-order valence-electron chi connectivity index (χ3n) is 3.12. The Kier molecular flexibility index (Phi) is 5.58. The Balaban J connectivity index is 2.35. The van der Waals surface area contributed by atoms with Crippen LogP contribution in [-0.4, -0.2) is 48.3 Å². The Morgan fingerprint density at radius 1 is 1.40 bits per heavy atom. The first-order valence-electron chi connectivity index (χ1n) is 6.22. The zero-order valence-corrected chi connectivity index (χ0v) is 10.4. The zero-order valence-electron chi connectivity index (χ0n) is 10.4. The maximum absolute atomic E-state index is 9.44. The number of nitrogens with zero attached hydrogens (tertiary/aromatic N) is 1. The van der Waals surface area contributed by atoms with Crippen molar-refractivity contribution in [2.24, 2.45) is 5.92 Å². The molecule has 0 aliphatic carbocycles. The van der Waals surface area contributed by atoms with Crippen LogP contribution in [0.1, 0.15) is 33.6 Å². The van der Waals surface area contributed by atoms with E-state index in [-0.39, 0.29) is 6.10 Å². The van der Waals surface area contributed by atoms with Gasteiger partial charge in [0.25, 0.3) is 0 Å². The van der Waals surface area contributed by atoms with Crippen molar-refractivity contribution >= 4 is 0 Å². The van der Waals surface area contributed by atoms with Crippen LogP contribution in [-0.2, 0) is 0 Å². The van der Waals surface area contributed by atoms with Crippen molar-refractivity contribution in [1.82, 2.24) is 10.2 Å². The maximum atomic E-state index is 9.44. The van der Waals surface area contributed by atoms with Crippen molar-refractivity contribution in [2.45, 2.75) is 45.8 Å². The van der Waals surface area contributed by atoms with Gasteiger partial charge in [0, 0.05) is 19.1 Å². The van der Waals surface area contributed by atoms with Gasteiger partial charge in [-0.1, -0.05) is 0 Å². The minimum atomic E-state index is -0.219. The Labute approximate surface area is 93.9 Å². The van der Waals surface area contributed by atoms with E-state index in [0.717, 1.165) is 25.6 Å². The van der Waals surface area contributed by atoms with Crippen LogP contribution in [0, 0.1) is 5.92 Å². The molecule has 0 radical (unpaired) electrons. The molecule has 1 aliphatic rings. The molecule has 0 aromatic rings. The molecule has 2 N–H and O–H groups in total. The van der Waals surface area contributed by atoms with Crippen LogP contribution < -0.4 is 5.32 Å². The van der Waals surface area contributed by atoms with Crippen molar-refractivity contribution in [2.75, 3.05) is 26.2 Å². The van der Waals surface area contributed by atoms with Crippen LogP contribution in [0.25, 0.3) is 0 Å². The fourth-order valence-electron chi connectivity index (χ4n) is 2.25. The van der Waals surface area contributed by atoms with Crippen LogP contribution in [0.5, 0.6) is 0 Å². The van der Waals surface area contributed by atoms with E-state index in [9.17, 15) is 5.11 Å². The highest BCUT2D eigenvalue weighted by atomic mass is 16.3. The van der Waals surface area contributed by atoms with E-state index in [1.165, 1.54) is 19.4 Å². The number of hydrogen-bond acceptors (Lipinski definition) is 3. The monoisotopic (exact) mass is 214 g/mol. The first-order chi connectivity index (χ1) is 7.09. The van der Waals surface area contributed by atoms with Crippen LogP contribution in [0.3, 0.4) is 0 Å². The van der Waals surface area contributed by atoms with Crippen molar-refractivity contribution < 1.29 is 5.11 Å². The fraction of sp³-hybridized carbons (Fsp3) is 1.00. The number of aliphatic hydroxyl groups is 1. The van der Waals surface area contributed by atoms with E-state index in [1.807, 2.05) is 6.92 Å². The zero-order chi connectivity index (χ0) is 11.3. The van der Waals surface area contributed by atoms with Crippen LogP contribution in [0.15, 0.2) is 0 Å². The van der Waals surface area contributed by atoms with Gasteiger partial charge < -0.3 is 10.4 Å². The predicted octanol–water partition coefficient (Wildman–Crippen LogP) is 1.08. The number of piperidine rings is 1. The van der Waals surface area contributed by atoms with E-state index >= 15 is 0 Å². The SMILES string of the molecule is CC(C)N(CC1CCCNC1)C[C@H](C)O. The van der Waals surface area contributed by atoms with Crippen molar-refractivity contribution in [1.29, 1.82) is 0 Å². The molecule has 0 saturated carbocycles. The number of hydrogen-bond donors (Lipinski definition) is 2. The highest BCUT2D eigenvalue weighted by Gasteiger charge is 2.19. The second kappa shape index (κ2) is 6.46. The average molecular weight is 214 g/mol. The largest absolute Gasteiger partial charge is 0.392 e. The lowest BCUT2D eigenvalue weighted by atomic mass is 9.98. The topological polar surface area (TPSA) is 35.5 Å². The third-order valence-corrected chi connectivity index (χ3v) is 3.12. The lowest BCUT2D eigenvalue weighted by Gasteiger charge is -2.33. The van der Waals surface area contributed by atoms with Gasteiger partial charge in [0.05, 0.1) is 6.10 Å². The molecule has 0 spiro atoms. The van der Waals surface area contributed by atoms with Gasteiger partial charge in [-0.3, -0.25) is 4.90 Å². The van der Waals surface area contributed by atoms with E-state index in [4.69, 9.17) is 0 Å². The highest BCUT2D eigenvalue weighted by molar-refractivity contribution is 4.75. The van der Waals surface area contributed by atoms with Gasteiger partial charge in [-0.25, -0.2) is 0 Å². The van der Waals surface area contributed by atoms with E-state index in [0.29, 0.717) is 6.04 Å². The minimum absolute atomic E-state index is 0.219. The summed E-state index contributed by atoms with van der Waals surface area (Å²) in [6.45, 7) is 10.5. The van der Waals surface area contributed by atoms with E-state index in [1.54, 1.807) is 0 Å². The molecule has 1 unspecified atom stereocenters. The van der Waals surface area contributed by atoms with Gasteiger partial charge in [-0.15, -0.1) is 0 Å². The Morgan fingerprint density at radius 3 is 2.60 bits per heavy atom. The van der Waals surface area contributed by atoms with Crippen LogP contribution in [0.2, 0.25) is 0 Å². The van der Waals surface area contributed by atoms with Crippen molar-refractivity contribution in [3.05, 3.63) is 0 Å². The summed E-state index contributed by atoms with van der Waals surface area (Å²) in [5, 5.41) is 12.9. The third kappa shape index (κ3) is 4.96. The lowest BCUT2D eigenvalue weighted by Crippen LogP contribution is -2.43. The molecule has 3 nitrogen and oxygen atoms in total. The summed E-state index contributed by atoms with van der Waals surface area (Å²) in [5.74, 6) is 0.764. The molecule has 0 bridgehead atoms. The molecular weight excluding hydrogens is 188 g/mol.